The summed E-state index contributed by atoms with van der Waals surface area (Å²) in [6, 6.07) is 17.1. The Labute approximate surface area is 159 Å². The molecule has 1 unspecified atom stereocenters. The molecule has 5 heteroatoms. The van der Waals surface area contributed by atoms with Gasteiger partial charge in [0.2, 0.25) is 0 Å². The second-order valence-electron chi connectivity index (χ2n) is 7.26. The predicted octanol–water partition coefficient (Wildman–Crippen LogP) is 3.48. The first kappa shape index (κ1) is 17.7. The highest BCUT2D eigenvalue weighted by atomic mass is 16.5. The largest absolute Gasteiger partial charge is 0.497 e. The zero-order chi connectivity index (χ0) is 18.9. The maximum Gasteiger partial charge on any atom is 0.256 e. The van der Waals surface area contributed by atoms with Gasteiger partial charge >= 0.3 is 0 Å². The van der Waals surface area contributed by atoms with E-state index < -0.39 is 11.6 Å². The molecule has 1 aliphatic carbocycles. The topological polar surface area (TPSA) is 62.1 Å². The van der Waals surface area contributed by atoms with Crippen molar-refractivity contribution in [1.29, 1.82) is 0 Å². The number of amidine groups is 1. The lowest BCUT2D eigenvalue weighted by Crippen LogP contribution is -2.41. The van der Waals surface area contributed by atoms with Crippen LogP contribution in [0.4, 0.5) is 0 Å². The molecule has 1 fully saturated rings. The van der Waals surface area contributed by atoms with Gasteiger partial charge in [0.15, 0.2) is 0 Å². The summed E-state index contributed by atoms with van der Waals surface area (Å²) in [6.45, 7) is 0.424. The summed E-state index contributed by atoms with van der Waals surface area (Å²) in [4.78, 5) is 19.7. The van der Waals surface area contributed by atoms with E-state index in [1.165, 1.54) is 0 Å². The molecule has 1 heterocycles. The van der Waals surface area contributed by atoms with Gasteiger partial charge in [-0.1, -0.05) is 55.3 Å². The molecule has 0 saturated heterocycles. The maximum atomic E-state index is 13.3. The number of amides is 1. The van der Waals surface area contributed by atoms with Crippen LogP contribution in [0.1, 0.15) is 42.9 Å². The van der Waals surface area contributed by atoms with Crippen molar-refractivity contribution in [1.82, 2.24) is 4.90 Å². The van der Waals surface area contributed by atoms with E-state index in [1.54, 1.807) is 12.0 Å². The Morgan fingerprint density at radius 1 is 1.11 bits per heavy atom. The number of benzene rings is 2. The Morgan fingerprint density at radius 2 is 1.78 bits per heavy atom. The van der Waals surface area contributed by atoms with Gasteiger partial charge in [-0.15, -0.1) is 0 Å². The van der Waals surface area contributed by atoms with Crippen LogP contribution in [-0.2, 0) is 11.3 Å². The maximum absolute atomic E-state index is 13.3. The van der Waals surface area contributed by atoms with Crippen LogP contribution in [0.2, 0.25) is 0 Å². The monoisotopic (exact) mass is 364 g/mol. The van der Waals surface area contributed by atoms with Crippen LogP contribution < -0.4 is 4.74 Å². The van der Waals surface area contributed by atoms with Crippen molar-refractivity contribution >= 4 is 11.7 Å². The number of rotatable bonds is 5. The Kier molecular flexibility index (Phi) is 4.70. The molecule has 2 aromatic rings. The SMILES string of the molecule is COc1ccc(C(O)C2=NC3(CCCC3)C(=O)N2Cc2ccccc2)cc1. The Balaban J connectivity index is 1.67. The van der Waals surface area contributed by atoms with Crippen LogP contribution in [0, 0.1) is 0 Å². The molecule has 1 atom stereocenters. The van der Waals surface area contributed by atoms with Gasteiger partial charge in [0, 0.05) is 0 Å². The summed E-state index contributed by atoms with van der Waals surface area (Å²) in [6.07, 6.45) is 2.58. The van der Waals surface area contributed by atoms with E-state index in [0.29, 0.717) is 17.9 Å². The molecule has 0 bridgehead atoms. The van der Waals surface area contributed by atoms with E-state index in [-0.39, 0.29) is 5.91 Å². The number of aliphatic imine (C=N–C) groups is 1. The van der Waals surface area contributed by atoms with Crippen LogP contribution in [0.25, 0.3) is 0 Å². The average Bonchev–Trinajstić information content (AvgIpc) is 3.29. The fraction of sp³-hybridized carbons (Fsp3) is 0.364. The minimum atomic E-state index is -0.941. The summed E-state index contributed by atoms with van der Waals surface area (Å²) in [5.41, 5.74) is 1.04. The lowest BCUT2D eigenvalue weighted by molar-refractivity contribution is -0.131. The molecule has 1 spiro atoms. The number of aliphatic hydroxyl groups excluding tert-OH is 1. The molecule has 140 valence electrons. The summed E-state index contributed by atoms with van der Waals surface area (Å²) in [5, 5.41) is 11.0. The van der Waals surface area contributed by atoms with Gasteiger partial charge in [0.1, 0.15) is 23.2 Å². The van der Waals surface area contributed by atoms with Crippen molar-refractivity contribution in [2.75, 3.05) is 7.11 Å². The predicted molar refractivity (Wildman–Crippen MR) is 104 cm³/mol. The minimum absolute atomic E-state index is 0.0198. The van der Waals surface area contributed by atoms with Crippen LogP contribution in [0.5, 0.6) is 5.75 Å². The van der Waals surface area contributed by atoms with E-state index in [0.717, 1.165) is 37.0 Å². The number of hydrogen-bond acceptors (Lipinski definition) is 4. The first-order valence-corrected chi connectivity index (χ1v) is 9.41. The second-order valence-corrected chi connectivity index (χ2v) is 7.26. The van der Waals surface area contributed by atoms with Crippen molar-refractivity contribution in [3.8, 4) is 5.75 Å². The molecule has 5 nitrogen and oxygen atoms in total. The third-order valence-electron chi connectivity index (χ3n) is 5.54. The Morgan fingerprint density at radius 3 is 2.41 bits per heavy atom. The molecular weight excluding hydrogens is 340 g/mol. The summed E-state index contributed by atoms with van der Waals surface area (Å²) >= 11 is 0. The highest BCUT2D eigenvalue weighted by Gasteiger charge is 2.51. The van der Waals surface area contributed by atoms with Crippen LogP contribution in [0.15, 0.2) is 59.6 Å². The van der Waals surface area contributed by atoms with Crippen molar-refractivity contribution in [2.45, 2.75) is 43.9 Å². The Bertz CT molecular complexity index is 840. The number of carbonyl (C=O) groups is 1. The molecule has 0 radical (unpaired) electrons. The number of nitrogens with zero attached hydrogens (tertiary/aromatic N) is 2. The van der Waals surface area contributed by atoms with Crippen LogP contribution >= 0.6 is 0 Å². The molecule has 4 rings (SSSR count). The van der Waals surface area contributed by atoms with Gasteiger partial charge in [-0.05, 0) is 36.1 Å². The first-order chi connectivity index (χ1) is 13.1. The van der Waals surface area contributed by atoms with E-state index in [1.807, 2.05) is 54.6 Å². The molecule has 27 heavy (non-hydrogen) atoms. The lowest BCUT2D eigenvalue weighted by Gasteiger charge is -2.24. The number of ether oxygens (including phenoxy) is 1. The summed E-state index contributed by atoms with van der Waals surface area (Å²) in [7, 11) is 1.61. The molecule has 1 saturated carbocycles. The fourth-order valence-corrected chi connectivity index (χ4v) is 4.03. The molecule has 1 aliphatic heterocycles. The third-order valence-corrected chi connectivity index (χ3v) is 5.54. The fourth-order valence-electron chi connectivity index (χ4n) is 4.03. The minimum Gasteiger partial charge on any atom is -0.497 e. The van der Waals surface area contributed by atoms with E-state index in [2.05, 4.69) is 0 Å². The molecule has 0 aromatic heterocycles. The standard InChI is InChI=1S/C22H24N2O3/c1-27-18-11-9-17(10-12-18)19(25)20-23-22(13-5-6-14-22)21(26)24(20)15-16-7-3-2-4-8-16/h2-4,7-12,19,25H,5-6,13-15H2,1H3. The number of aliphatic hydroxyl groups is 1. The lowest BCUT2D eigenvalue weighted by atomic mass is 9.98. The molecule has 2 aliphatic rings. The van der Waals surface area contributed by atoms with Crippen LogP contribution in [-0.4, -0.2) is 34.4 Å². The number of carbonyl (C=O) groups excluding carboxylic acids is 1. The molecule has 1 amide bonds. The van der Waals surface area contributed by atoms with E-state index in [9.17, 15) is 9.90 Å². The van der Waals surface area contributed by atoms with Gasteiger partial charge in [-0.3, -0.25) is 14.7 Å². The van der Waals surface area contributed by atoms with Gasteiger partial charge in [0.25, 0.3) is 5.91 Å². The second kappa shape index (κ2) is 7.16. The highest BCUT2D eigenvalue weighted by molar-refractivity contribution is 6.10. The number of hydrogen-bond donors (Lipinski definition) is 1. The van der Waals surface area contributed by atoms with Crippen molar-refractivity contribution in [3.05, 3.63) is 65.7 Å². The number of methoxy groups -OCH3 is 1. The molecule has 2 aromatic carbocycles. The quantitative estimate of drug-likeness (QED) is 0.883. The first-order valence-electron chi connectivity index (χ1n) is 9.41. The van der Waals surface area contributed by atoms with Gasteiger partial charge < -0.3 is 9.84 Å². The van der Waals surface area contributed by atoms with Crippen molar-refractivity contribution < 1.29 is 14.6 Å². The zero-order valence-corrected chi connectivity index (χ0v) is 15.5. The molecule has 1 N–H and O–H groups in total. The normalized spacial score (nSPS) is 19.4. The highest BCUT2D eigenvalue weighted by Crippen LogP contribution is 2.41. The van der Waals surface area contributed by atoms with E-state index in [4.69, 9.17) is 9.73 Å². The van der Waals surface area contributed by atoms with Crippen molar-refractivity contribution in [3.63, 3.8) is 0 Å². The van der Waals surface area contributed by atoms with E-state index >= 15 is 0 Å². The van der Waals surface area contributed by atoms with Gasteiger partial charge in [-0.25, -0.2) is 0 Å². The third kappa shape index (κ3) is 3.23. The van der Waals surface area contributed by atoms with Gasteiger partial charge in [0.05, 0.1) is 13.7 Å². The summed E-state index contributed by atoms with van der Waals surface area (Å²) < 4.78 is 5.19. The van der Waals surface area contributed by atoms with Crippen molar-refractivity contribution in [2.24, 2.45) is 4.99 Å². The zero-order valence-electron chi connectivity index (χ0n) is 15.5. The smallest absolute Gasteiger partial charge is 0.256 e. The van der Waals surface area contributed by atoms with Gasteiger partial charge in [-0.2, -0.15) is 0 Å². The average molecular weight is 364 g/mol. The Hall–Kier alpha value is -2.66. The molecular formula is C22H24N2O3. The van der Waals surface area contributed by atoms with Crippen LogP contribution in [0.3, 0.4) is 0 Å². The summed E-state index contributed by atoms with van der Waals surface area (Å²) in [5.74, 6) is 1.20.